The SMILES string of the molecule is CCc1c(CC(C)C)nc(-c2cccc(F)c2O)n(CCc2ccccc2F)c1=O. The van der Waals surface area contributed by atoms with Crippen LogP contribution in [0.3, 0.4) is 0 Å². The summed E-state index contributed by atoms with van der Waals surface area (Å²) >= 11 is 0. The van der Waals surface area contributed by atoms with Gasteiger partial charge in [0.05, 0.1) is 11.3 Å². The van der Waals surface area contributed by atoms with Gasteiger partial charge in [-0.25, -0.2) is 13.8 Å². The highest BCUT2D eigenvalue weighted by Crippen LogP contribution is 2.30. The van der Waals surface area contributed by atoms with E-state index in [9.17, 15) is 18.7 Å². The average Bonchev–Trinajstić information content (AvgIpc) is 2.70. The molecule has 1 heterocycles. The normalized spacial score (nSPS) is 11.3. The minimum Gasteiger partial charge on any atom is -0.504 e. The first kappa shape index (κ1) is 21.7. The highest BCUT2D eigenvalue weighted by atomic mass is 19.1. The number of aromatic nitrogens is 2. The smallest absolute Gasteiger partial charge is 0.257 e. The van der Waals surface area contributed by atoms with Crippen LogP contribution in [0.15, 0.2) is 47.3 Å². The second kappa shape index (κ2) is 9.20. The largest absolute Gasteiger partial charge is 0.504 e. The Kier molecular flexibility index (Phi) is 6.65. The van der Waals surface area contributed by atoms with Crippen molar-refractivity contribution < 1.29 is 13.9 Å². The lowest BCUT2D eigenvalue weighted by molar-refractivity contribution is 0.433. The molecule has 0 saturated carbocycles. The molecule has 1 N–H and O–H groups in total. The monoisotopic (exact) mass is 412 g/mol. The van der Waals surface area contributed by atoms with Gasteiger partial charge in [-0.2, -0.15) is 0 Å². The van der Waals surface area contributed by atoms with Crippen molar-refractivity contribution in [1.82, 2.24) is 9.55 Å². The predicted molar refractivity (Wildman–Crippen MR) is 114 cm³/mol. The minimum absolute atomic E-state index is 0.147. The zero-order valence-electron chi connectivity index (χ0n) is 17.5. The molecular weight excluding hydrogens is 386 g/mol. The standard InChI is InChI=1S/C24H26F2N2O2/c1-4-17-21(14-15(2)3)27-23(18-9-7-11-20(26)22(18)29)28(24(17)30)13-12-16-8-5-6-10-19(16)25/h5-11,15,29H,4,12-14H2,1-3H3. The first-order valence-corrected chi connectivity index (χ1v) is 10.2. The fourth-order valence-electron chi connectivity index (χ4n) is 3.59. The van der Waals surface area contributed by atoms with Crippen molar-refractivity contribution in [3.63, 3.8) is 0 Å². The van der Waals surface area contributed by atoms with E-state index in [4.69, 9.17) is 4.98 Å². The summed E-state index contributed by atoms with van der Waals surface area (Å²) in [5.41, 5.74) is 1.63. The summed E-state index contributed by atoms with van der Waals surface area (Å²) in [7, 11) is 0. The summed E-state index contributed by atoms with van der Waals surface area (Å²) in [6.07, 6.45) is 1.36. The Morgan fingerprint density at radius 3 is 2.43 bits per heavy atom. The molecule has 0 radical (unpaired) electrons. The predicted octanol–water partition coefficient (Wildman–Crippen LogP) is 4.90. The lowest BCUT2D eigenvalue weighted by atomic mass is 10.0. The summed E-state index contributed by atoms with van der Waals surface area (Å²) < 4.78 is 29.6. The molecule has 4 nitrogen and oxygen atoms in total. The first-order chi connectivity index (χ1) is 14.3. The molecule has 0 fully saturated rings. The van der Waals surface area contributed by atoms with Gasteiger partial charge in [0.25, 0.3) is 5.56 Å². The number of phenols is 1. The van der Waals surface area contributed by atoms with Crippen molar-refractivity contribution in [2.45, 2.75) is 46.6 Å². The molecule has 158 valence electrons. The fourth-order valence-corrected chi connectivity index (χ4v) is 3.59. The molecule has 2 aromatic carbocycles. The number of hydrogen-bond acceptors (Lipinski definition) is 3. The quantitative estimate of drug-likeness (QED) is 0.601. The summed E-state index contributed by atoms with van der Waals surface area (Å²) in [5, 5.41) is 10.3. The van der Waals surface area contributed by atoms with E-state index in [1.807, 2.05) is 20.8 Å². The van der Waals surface area contributed by atoms with Crippen molar-refractivity contribution in [3.8, 4) is 17.1 Å². The van der Waals surface area contributed by atoms with Gasteiger partial charge in [0.1, 0.15) is 11.6 Å². The molecule has 0 amide bonds. The van der Waals surface area contributed by atoms with Gasteiger partial charge in [0.2, 0.25) is 0 Å². The van der Waals surface area contributed by atoms with E-state index in [0.717, 1.165) is 6.07 Å². The third kappa shape index (κ3) is 4.42. The van der Waals surface area contributed by atoms with Crippen molar-refractivity contribution >= 4 is 0 Å². The van der Waals surface area contributed by atoms with E-state index in [1.54, 1.807) is 18.2 Å². The second-order valence-electron chi connectivity index (χ2n) is 7.75. The van der Waals surface area contributed by atoms with E-state index < -0.39 is 11.6 Å². The summed E-state index contributed by atoms with van der Waals surface area (Å²) in [5.74, 6) is -1.22. The van der Waals surface area contributed by atoms with Crippen LogP contribution in [0.4, 0.5) is 8.78 Å². The van der Waals surface area contributed by atoms with Gasteiger partial charge >= 0.3 is 0 Å². The van der Waals surface area contributed by atoms with Crippen molar-refractivity contribution in [1.29, 1.82) is 0 Å². The maximum Gasteiger partial charge on any atom is 0.257 e. The fraction of sp³-hybridized carbons (Fsp3) is 0.333. The molecule has 3 aromatic rings. The Labute approximate surface area is 174 Å². The van der Waals surface area contributed by atoms with Gasteiger partial charge in [-0.05, 0) is 48.9 Å². The number of para-hydroxylation sites is 1. The van der Waals surface area contributed by atoms with Crippen LogP contribution < -0.4 is 5.56 Å². The maximum absolute atomic E-state index is 14.1. The molecule has 0 bridgehead atoms. The molecule has 0 atom stereocenters. The Balaban J connectivity index is 2.18. The molecule has 0 unspecified atom stereocenters. The van der Waals surface area contributed by atoms with Gasteiger partial charge in [-0.15, -0.1) is 0 Å². The van der Waals surface area contributed by atoms with E-state index in [2.05, 4.69) is 0 Å². The zero-order chi connectivity index (χ0) is 21.8. The topological polar surface area (TPSA) is 55.1 Å². The van der Waals surface area contributed by atoms with Crippen LogP contribution in [0.2, 0.25) is 0 Å². The maximum atomic E-state index is 14.1. The van der Waals surface area contributed by atoms with Crippen LogP contribution in [-0.2, 0) is 25.8 Å². The van der Waals surface area contributed by atoms with E-state index in [0.29, 0.717) is 29.7 Å². The van der Waals surface area contributed by atoms with Crippen LogP contribution in [0.5, 0.6) is 5.75 Å². The number of halogens is 2. The van der Waals surface area contributed by atoms with E-state index in [1.165, 1.54) is 22.8 Å². The molecular formula is C24H26F2N2O2. The highest BCUT2D eigenvalue weighted by molar-refractivity contribution is 5.64. The lowest BCUT2D eigenvalue weighted by Gasteiger charge is -2.18. The van der Waals surface area contributed by atoms with Crippen LogP contribution >= 0.6 is 0 Å². The molecule has 3 rings (SSSR count). The molecule has 0 aliphatic rings. The number of benzene rings is 2. The van der Waals surface area contributed by atoms with Crippen molar-refractivity contribution in [2.75, 3.05) is 0 Å². The number of aryl methyl sites for hydroxylation is 1. The third-order valence-electron chi connectivity index (χ3n) is 5.09. The molecule has 30 heavy (non-hydrogen) atoms. The molecule has 0 aliphatic carbocycles. The lowest BCUT2D eigenvalue weighted by Crippen LogP contribution is -2.30. The van der Waals surface area contributed by atoms with Crippen LogP contribution in [0, 0.1) is 17.6 Å². The Morgan fingerprint density at radius 1 is 1.07 bits per heavy atom. The first-order valence-electron chi connectivity index (χ1n) is 10.2. The van der Waals surface area contributed by atoms with Crippen LogP contribution in [0.1, 0.15) is 37.6 Å². The Bertz CT molecular complexity index is 1110. The van der Waals surface area contributed by atoms with Crippen molar-refractivity contribution in [2.24, 2.45) is 5.92 Å². The average molecular weight is 412 g/mol. The minimum atomic E-state index is -0.785. The molecule has 0 spiro atoms. The Morgan fingerprint density at radius 2 is 1.77 bits per heavy atom. The highest BCUT2D eigenvalue weighted by Gasteiger charge is 2.20. The number of aromatic hydroxyl groups is 1. The second-order valence-corrected chi connectivity index (χ2v) is 7.75. The van der Waals surface area contributed by atoms with E-state index in [-0.39, 0.29) is 41.6 Å². The van der Waals surface area contributed by atoms with Gasteiger partial charge in [-0.1, -0.05) is 45.0 Å². The number of rotatable bonds is 7. The molecule has 1 aromatic heterocycles. The summed E-state index contributed by atoms with van der Waals surface area (Å²) in [6, 6.07) is 10.5. The van der Waals surface area contributed by atoms with Crippen LogP contribution in [-0.4, -0.2) is 14.7 Å². The molecule has 0 aliphatic heterocycles. The van der Waals surface area contributed by atoms with Gasteiger partial charge in [-0.3, -0.25) is 9.36 Å². The van der Waals surface area contributed by atoms with Gasteiger partial charge in [0, 0.05) is 12.1 Å². The van der Waals surface area contributed by atoms with Gasteiger partial charge < -0.3 is 5.11 Å². The van der Waals surface area contributed by atoms with Crippen LogP contribution in [0.25, 0.3) is 11.4 Å². The number of hydrogen-bond donors (Lipinski definition) is 1. The third-order valence-corrected chi connectivity index (χ3v) is 5.09. The van der Waals surface area contributed by atoms with E-state index >= 15 is 0 Å². The van der Waals surface area contributed by atoms with Crippen molar-refractivity contribution in [3.05, 3.63) is 81.3 Å². The molecule has 6 heteroatoms. The Hall–Kier alpha value is -3.02. The zero-order valence-corrected chi connectivity index (χ0v) is 17.5. The summed E-state index contributed by atoms with van der Waals surface area (Å²) in [6.45, 7) is 6.12. The van der Waals surface area contributed by atoms with Gasteiger partial charge in [0.15, 0.2) is 11.6 Å². The summed E-state index contributed by atoms with van der Waals surface area (Å²) in [4.78, 5) is 18.0. The molecule has 0 saturated heterocycles. The number of phenolic OH excluding ortho intramolecular Hbond substituents is 1. The number of nitrogens with zero attached hydrogens (tertiary/aromatic N) is 2.